The Balaban J connectivity index is 1.52. The number of amides is 2. The fraction of sp³-hybridized carbons (Fsp3) is 0.389. The summed E-state index contributed by atoms with van der Waals surface area (Å²) in [7, 11) is 0. The summed E-state index contributed by atoms with van der Waals surface area (Å²) in [6, 6.07) is 7.87. The number of hydrogen-bond acceptors (Lipinski definition) is 4. The Morgan fingerprint density at radius 2 is 1.92 bits per heavy atom. The first-order valence-electron chi connectivity index (χ1n) is 8.16. The molecule has 2 amide bonds. The van der Waals surface area contributed by atoms with Gasteiger partial charge in [0, 0.05) is 17.0 Å². The standard InChI is InChI=1S/C18H21N3O2S/c1-11(2)12-5-7-14(8-6-12)19-16(22)9-15-10-24-18(20-15)21-17(23)13-3-4-13/h5-8,10-11,13H,3-4,9H2,1-2H3,(H,19,22)(H,20,21,23). The average Bonchev–Trinajstić information content (AvgIpc) is 3.30. The summed E-state index contributed by atoms with van der Waals surface area (Å²) in [5, 5.41) is 8.05. The Hall–Kier alpha value is -2.21. The molecule has 2 aromatic rings. The van der Waals surface area contributed by atoms with E-state index in [0.29, 0.717) is 16.7 Å². The molecule has 0 atom stereocenters. The van der Waals surface area contributed by atoms with Crippen LogP contribution in [-0.2, 0) is 16.0 Å². The molecule has 126 valence electrons. The zero-order valence-electron chi connectivity index (χ0n) is 13.8. The molecule has 1 saturated carbocycles. The molecule has 2 N–H and O–H groups in total. The molecular weight excluding hydrogens is 322 g/mol. The van der Waals surface area contributed by atoms with Crippen molar-refractivity contribution in [3.05, 3.63) is 40.9 Å². The van der Waals surface area contributed by atoms with Crippen LogP contribution in [0.25, 0.3) is 0 Å². The van der Waals surface area contributed by atoms with Crippen molar-refractivity contribution < 1.29 is 9.59 Å². The van der Waals surface area contributed by atoms with E-state index in [2.05, 4.69) is 29.5 Å². The lowest BCUT2D eigenvalue weighted by molar-refractivity contribution is -0.117. The van der Waals surface area contributed by atoms with Crippen LogP contribution in [0.3, 0.4) is 0 Å². The van der Waals surface area contributed by atoms with Crippen LogP contribution in [0.4, 0.5) is 10.8 Å². The molecule has 0 radical (unpaired) electrons. The maximum atomic E-state index is 12.1. The second kappa shape index (κ2) is 7.13. The van der Waals surface area contributed by atoms with Crippen LogP contribution < -0.4 is 10.6 Å². The lowest BCUT2D eigenvalue weighted by Crippen LogP contribution is -2.15. The predicted octanol–water partition coefficient (Wildman–Crippen LogP) is 3.80. The number of benzene rings is 1. The van der Waals surface area contributed by atoms with E-state index in [1.807, 2.05) is 29.6 Å². The first-order valence-corrected chi connectivity index (χ1v) is 9.04. The second-order valence-electron chi connectivity index (χ2n) is 6.41. The highest BCUT2D eigenvalue weighted by atomic mass is 32.1. The van der Waals surface area contributed by atoms with Crippen molar-refractivity contribution in [2.24, 2.45) is 5.92 Å². The highest BCUT2D eigenvalue weighted by molar-refractivity contribution is 7.13. The van der Waals surface area contributed by atoms with Crippen molar-refractivity contribution in [1.82, 2.24) is 4.98 Å². The highest BCUT2D eigenvalue weighted by Crippen LogP contribution is 2.30. The largest absolute Gasteiger partial charge is 0.326 e. The van der Waals surface area contributed by atoms with Crippen LogP contribution in [0.2, 0.25) is 0 Å². The monoisotopic (exact) mass is 343 g/mol. The van der Waals surface area contributed by atoms with E-state index in [-0.39, 0.29) is 24.2 Å². The number of anilines is 2. The maximum Gasteiger partial charge on any atom is 0.230 e. The van der Waals surface area contributed by atoms with Gasteiger partial charge >= 0.3 is 0 Å². The third-order valence-corrected chi connectivity index (χ3v) is 4.74. The van der Waals surface area contributed by atoms with Crippen molar-refractivity contribution in [2.75, 3.05) is 10.6 Å². The Kier molecular flexibility index (Phi) is 4.94. The van der Waals surface area contributed by atoms with Gasteiger partial charge in [-0.05, 0) is 36.5 Å². The normalized spacial score (nSPS) is 13.8. The van der Waals surface area contributed by atoms with Gasteiger partial charge in [0.2, 0.25) is 11.8 Å². The number of carbonyl (C=O) groups excluding carboxylic acids is 2. The van der Waals surface area contributed by atoms with Crippen LogP contribution in [0.5, 0.6) is 0 Å². The molecular formula is C18H21N3O2S. The topological polar surface area (TPSA) is 71.1 Å². The molecule has 0 unspecified atom stereocenters. The lowest BCUT2D eigenvalue weighted by atomic mass is 10.0. The summed E-state index contributed by atoms with van der Waals surface area (Å²) < 4.78 is 0. The number of rotatable bonds is 6. The van der Waals surface area contributed by atoms with Crippen molar-refractivity contribution >= 4 is 34.0 Å². The number of nitrogens with zero attached hydrogens (tertiary/aromatic N) is 1. The van der Waals surface area contributed by atoms with Gasteiger partial charge in [-0.2, -0.15) is 0 Å². The molecule has 0 saturated heterocycles. The van der Waals surface area contributed by atoms with Crippen LogP contribution in [0, 0.1) is 5.92 Å². The number of carbonyl (C=O) groups is 2. The van der Waals surface area contributed by atoms with Gasteiger partial charge in [0.15, 0.2) is 5.13 Å². The van der Waals surface area contributed by atoms with Gasteiger partial charge < -0.3 is 10.6 Å². The van der Waals surface area contributed by atoms with E-state index < -0.39 is 0 Å². The third kappa shape index (κ3) is 4.41. The number of thiazole rings is 1. The van der Waals surface area contributed by atoms with E-state index in [1.54, 1.807) is 0 Å². The molecule has 1 aromatic heterocycles. The van der Waals surface area contributed by atoms with Crippen LogP contribution in [0.1, 0.15) is 43.9 Å². The first-order chi connectivity index (χ1) is 11.5. The Morgan fingerprint density at radius 1 is 1.21 bits per heavy atom. The van der Waals surface area contributed by atoms with E-state index in [0.717, 1.165) is 18.5 Å². The van der Waals surface area contributed by atoms with Gasteiger partial charge in [-0.15, -0.1) is 11.3 Å². The van der Waals surface area contributed by atoms with Crippen molar-refractivity contribution in [2.45, 2.75) is 39.0 Å². The van der Waals surface area contributed by atoms with Crippen LogP contribution >= 0.6 is 11.3 Å². The molecule has 0 aliphatic heterocycles. The molecule has 1 aliphatic rings. The summed E-state index contributed by atoms with van der Waals surface area (Å²) in [4.78, 5) is 28.1. The fourth-order valence-electron chi connectivity index (χ4n) is 2.32. The minimum absolute atomic E-state index is 0.0330. The Bertz CT molecular complexity index is 733. The van der Waals surface area contributed by atoms with Crippen molar-refractivity contribution in [3.63, 3.8) is 0 Å². The predicted molar refractivity (Wildman–Crippen MR) is 96.3 cm³/mol. The van der Waals surface area contributed by atoms with E-state index >= 15 is 0 Å². The molecule has 0 bridgehead atoms. The third-order valence-electron chi connectivity index (χ3n) is 3.93. The second-order valence-corrected chi connectivity index (χ2v) is 7.27. The Labute approximate surface area is 145 Å². The van der Waals surface area contributed by atoms with E-state index in [9.17, 15) is 9.59 Å². The minimum Gasteiger partial charge on any atom is -0.326 e. The quantitative estimate of drug-likeness (QED) is 0.838. The van der Waals surface area contributed by atoms with Gasteiger partial charge in [0.05, 0.1) is 12.1 Å². The molecule has 0 spiro atoms. The van der Waals surface area contributed by atoms with E-state index in [1.165, 1.54) is 16.9 Å². The number of hydrogen-bond donors (Lipinski definition) is 2. The molecule has 3 rings (SSSR count). The van der Waals surface area contributed by atoms with Gasteiger partial charge in [0.25, 0.3) is 0 Å². The molecule has 1 fully saturated rings. The highest BCUT2D eigenvalue weighted by Gasteiger charge is 2.30. The smallest absolute Gasteiger partial charge is 0.230 e. The summed E-state index contributed by atoms with van der Waals surface area (Å²) in [6.07, 6.45) is 2.12. The average molecular weight is 343 g/mol. The fourth-order valence-corrected chi connectivity index (χ4v) is 3.03. The van der Waals surface area contributed by atoms with Crippen molar-refractivity contribution in [3.8, 4) is 0 Å². The molecule has 1 heterocycles. The SMILES string of the molecule is CC(C)c1ccc(NC(=O)Cc2csc(NC(=O)C3CC3)n2)cc1. The molecule has 5 nitrogen and oxygen atoms in total. The summed E-state index contributed by atoms with van der Waals surface area (Å²) >= 11 is 1.35. The molecule has 24 heavy (non-hydrogen) atoms. The molecule has 6 heteroatoms. The van der Waals surface area contributed by atoms with E-state index in [4.69, 9.17) is 0 Å². The van der Waals surface area contributed by atoms with Crippen LogP contribution in [-0.4, -0.2) is 16.8 Å². The Morgan fingerprint density at radius 3 is 2.54 bits per heavy atom. The van der Waals surface area contributed by atoms with Crippen LogP contribution in [0.15, 0.2) is 29.6 Å². The van der Waals surface area contributed by atoms with Gasteiger partial charge in [-0.25, -0.2) is 4.98 Å². The van der Waals surface area contributed by atoms with Gasteiger partial charge in [-0.3, -0.25) is 9.59 Å². The zero-order chi connectivity index (χ0) is 17.1. The minimum atomic E-state index is -0.113. The summed E-state index contributed by atoms with van der Waals surface area (Å²) in [5.74, 6) is 0.534. The lowest BCUT2D eigenvalue weighted by Gasteiger charge is -2.08. The van der Waals surface area contributed by atoms with Gasteiger partial charge in [-0.1, -0.05) is 26.0 Å². The zero-order valence-corrected chi connectivity index (χ0v) is 14.7. The number of nitrogens with one attached hydrogen (secondary N) is 2. The molecule has 1 aromatic carbocycles. The number of aromatic nitrogens is 1. The summed E-state index contributed by atoms with van der Waals surface area (Å²) in [6.45, 7) is 4.27. The van der Waals surface area contributed by atoms with Gasteiger partial charge in [0.1, 0.15) is 0 Å². The van der Waals surface area contributed by atoms with Crippen molar-refractivity contribution in [1.29, 1.82) is 0 Å². The first kappa shape index (κ1) is 16.6. The maximum absolute atomic E-state index is 12.1. The molecule has 1 aliphatic carbocycles. The summed E-state index contributed by atoms with van der Waals surface area (Å²) in [5.41, 5.74) is 2.69.